The van der Waals surface area contributed by atoms with Crippen molar-refractivity contribution in [3.05, 3.63) is 41.2 Å². The molecule has 3 nitrogen and oxygen atoms in total. The molecule has 0 unspecified atom stereocenters. The van der Waals surface area contributed by atoms with Crippen LogP contribution in [0.4, 0.5) is 5.69 Å². The fourth-order valence-electron chi connectivity index (χ4n) is 1.34. The second-order valence-electron chi connectivity index (χ2n) is 3.50. The van der Waals surface area contributed by atoms with Crippen LogP contribution in [0.2, 0.25) is 5.02 Å². The second kappa shape index (κ2) is 4.80. The number of aromatic nitrogens is 2. The van der Waals surface area contributed by atoms with Crippen LogP contribution in [0.3, 0.4) is 0 Å². The molecule has 2 aromatic rings. The molecule has 0 spiro atoms. The summed E-state index contributed by atoms with van der Waals surface area (Å²) < 4.78 is 1.79. The van der Waals surface area contributed by atoms with Crippen LogP contribution >= 0.6 is 23.4 Å². The zero-order chi connectivity index (χ0) is 11.5. The number of halogens is 1. The molecule has 0 amide bonds. The van der Waals surface area contributed by atoms with Gasteiger partial charge in [-0.05, 0) is 18.2 Å². The van der Waals surface area contributed by atoms with Crippen molar-refractivity contribution in [3.8, 4) is 0 Å². The summed E-state index contributed by atoms with van der Waals surface area (Å²) in [4.78, 5) is 1.01. The van der Waals surface area contributed by atoms with E-state index in [1.165, 1.54) is 5.56 Å². The van der Waals surface area contributed by atoms with Crippen LogP contribution in [0, 0.1) is 0 Å². The van der Waals surface area contributed by atoms with Crippen molar-refractivity contribution < 1.29 is 0 Å². The van der Waals surface area contributed by atoms with Gasteiger partial charge in [0, 0.05) is 35.1 Å². The van der Waals surface area contributed by atoms with E-state index in [1.54, 1.807) is 22.5 Å². The van der Waals surface area contributed by atoms with Gasteiger partial charge in [-0.15, -0.1) is 11.8 Å². The minimum absolute atomic E-state index is 0.734. The molecule has 5 heteroatoms. The lowest BCUT2D eigenvalue weighted by Gasteiger charge is -2.03. The molecule has 0 aliphatic heterocycles. The quantitative estimate of drug-likeness (QED) is 0.676. The van der Waals surface area contributed by atoms with E-state index in [0.29, 0.717) is 0 Å². The topological polar surface area (TPSA) is 43.8 Å². The minimum atomic E-state index is 0.734. The van der Waals surface area contributed by atoms with Gasteiger partial charge in [0.1, 0.15) is 0 Å². The van der Waals surface area contributed by atoms with Crippen LogP contribution in [-0.2, 0) is 12.8 Å². The SMILES string of the molecule is Cn1cc(CSc2cc(N)ccc2Cl)cn1. The molecular formula is C11H12ClN3S. The molecule has 1 aromatic heterocycles. The summed E-state index contributed by atoms with van der Waals surface area (Å²) >= 11 is 7.73. The Labute approximate surface area is 104 Å². The van der Waals surface area contributed by atoms with Crippen LogP contribution in [0.25, 0.3) is 0 Å². The lowest BCUT2D eigenvalue weighted by molar-refractivity contribution is 0.767. The summed E-state index contributed by atoms with van der Waals surface area (Å²) in [5, 5.41) is 4.85. The van der Waals surface area contributed by atoms with Crippen LogP contribution in [0.15, 0.2) is 35.5 Å². The number of hydrogen-bond acceptors (Lipinski definition) is 3. The number of hydrogen-bond donors (Lipinski definition) is 1. The monoisotopic (exact) mass is 253 g/mol. The van der Waals surface area contributed by atoms with Crippen LogP contribution in [0.5, 0.6) is 0 Å². The Hall–Kier alpha value is -1.13. The molecule has 16 heavy (non-hydrogen) atoms. The number of nitrogen functional groups attached to an aromatic ring is 1. The van der Waals surface area contributed by atoms with E-state index >= 15 is 0 Å². The van der Waals surface area contributed by atoms with Gasteiger partial charge in [-0.1, -0.05) is 11.6 Å². The Balaban J connectivity index is 2.07. The maximum atomic E-state index is 6.07. The third-order valence-corrected chi connectivity index (χ3v) is 3.68. The molecule has 1 heterocycles. The standard InChI is InChI=1S/C11H12ClN3S/c1-15-6-8(5-14-15)7-16-11-4-9(13)2-3-10(11)12/h2-6H,7,13H2,1H3. The molecular weight excluding hydrogens is 242 g/mol. The Morgan fingerprint density at radius 2 is 2.31 bits per heavy atom. The largest absolute Gasteiger partial charge is 0.399 e. The predicted molar refractivity (Wildman–Crippen MR) is 68.6 cm³/mol. The minimum Gasteiger partial charge on any atom is -0.399 e. The van der Waals surface area contributed by atoms with Gasteiger partial charge in [-0.2, -0.15) is 5.10 Å². The van der Waals surface area contributed by atoms with E-state index < -0.39 is 0 Å². The van der Waals surface area contributed by atoms with Crippen molar-refractivity contribution in [2.24, 2.45) is 7.05 Å². The first-order valence-electron chi connectivity index (χ1n) is 4.80. The average molecular weight is 254 g/mol. The van der Waals surface area contributed by atoms with Crippen molar-refractivity contribution >= 4 is 29.1 Å². The summed E-state index contributed by atoms with van der Waals surface area (Å²) in [6.45, 7) is 0. The van der Waals surface area contributed by atoms with E-state index in [9.17, 15) is 0 Å². The Morgan fingerprint density at radius 1 is 1.50 bits per heavy atom. The lowest BCUT2D eigenvalue weighted by atomic mass is 10.3. The number of benzene rings is 1. The van der Waals surface area contributed by atoms with Gasteiger partial charge < -0.3 is 5.73 Å². The fraction of sp³-hybridized carbons (Fsp3) is 0.182. The molecule has 0 radical (unpaired) electrons. The second-order valence-corrected chi connectivity index (χ2v) is 4.93. The van der Waals surface area contributed by atoms with Gasteiger partial charge in [0.15, 0.2) is 0 Å². The summed E-state index contributed by atoms with van der Waals surface area (Å²) in [6, 6.07) is 5.52. The van der Waals surface area contributed by atoms with E-state index in [0.717, 1.165) is 21.4 Å². The van der Waals surface area contributed by atoms with Crippen LogP contribution in [0.1, 0.15) is 5.56 Å². The van der Waals surface area contributed by atoms with Crippen LogP contribution in [-0.4, -0.2) is 9.78 Å². The average Bonchev–Trinajstić information content (AvgIpc) is 2.66. The lowest BCUT2D eigenvalue weighted by Crippen LogP contribution is -1.86. The number of nitrogens with two attached hydrogens (primary N) is 1. The fourth-order valence-corrected chi connectivity index (χ4v) is 2.52. The number of thioether (sulfide) groups is 1. The van der Waals surface area contributed by atoms with Gasteiger partial charge in [-0.25, -0.2) is 0 Å². The molecule has 0 saturated carbocycles. The van der Waals surface area contributed by atoms with Crippen molar-refractivity contribution in [1.82, 2.24) is 9.78 Å². The Kier molecular flexibility index (Phi) is 3.41. The van der Waals surface area contributed by atoms with Gasteiger partial charge >= 0.3 is 0 Å². The smallest absolute Gasteiger partial charge is 0.0543 e. The highest BCUT2D eigenvalue weighted by Gasteiger charge is 2.03. The summed E-state index contributed by atoms with van der Waals surface area (Å²) in [7, 11) is 1.90. The maximum absolute atomic E-state index is 6.07. The highest BCUT2D eigenvalue weighted by atomic mass is 35.5. The highest BCUT2D eigenvalue weighted by Crippen LogP contribution is 2.31. The summed E-state index contributed by atoms with van der Waals surface area (Å²) in [5.41, 5.74) is 7.62. The first-order valence-corrected chi connectivity index (χ1v) is 6.17. The highest BCUT2D eigenvalue weighted by molar-refractivity contribution is 7.98. The number of anilines is 1. The Morgan fingerprint density at radius 3 is 3.00 bits per heavy atom. The molecule has 2 rings (SSSR count). The van der Waals surface area contributed by atoms with Crippen molar-refractivity contribution in [1.29, 1.82) is 0 Å². The molecule has 2 N–H and O–H groups in total. The first kappa shape index (κ1) is 11.4. The molecule has 0 bridgehead atoms. The summed E-state index contributed by atoms with van der Waals surface area (Å²) in [5.74, 6) is 0.844. The molecule has 1 aromatic carbocycles. The molecule has 0 saturated heterocycles. The molecule has 0 aliphatic carbocycles. The zero-order valence-corrected chi connectivity index (χ0v) is 10.4. The van der Waals surface area contributed by atoms with Gasteiger partial charge in [0.2, 0.25) is 0 Å². The first-order chi connectivity index (χ1) is 7.65. The van der Waals surface area contributed by atoms with E-state index in [4.69, 9.17) is 17.3 Å². The van der Waals surface area contributed by atoms with Gasteiger partial charge in [0.05, 0.1) is 11.2 Å². The third kappa shape index (κ3) is 2.71. The van der Waals surface area contributed by atoms with E-state index in [-0.39, 0.29) is 0 Å². The van der Waals surface area contributed by atoms with Crippen molar-refractivity contribution in [2.75, 3.05) is 5.73 Å². The number of aryl methyl sites for hydroxylation is 1. The number of nitrogens with zero attached hydrogens (tertiary/aromatic N) is 2. The van der Waals surface area contributed by atoms with Crippen LogP contribution < -0.4 is 5.73 Å². The van der Waals surface area contributed by atoms with E-state index in [2.05, 4.69) is 5.10 Å². The Bertz CT molecular complexity index is 496. The summed E-state index contributed by atoms with van der Waals surface area (Å²) in [6.07, 6.45) is 3.85. The van der Waals surface area contributed by atoms with E-state index in [1.807, 2.05) is 31.6 Å². The third-order valence-electron chi connectivity index (χ3n) is 2.11. The van der Waals surface area contributed by atoms with Gasteiger partial charge in [0.25, 0.3) is 0 Å². The normalized spacial score (nSPS) is 10.6. The number of rotatable bonds is 3. The molecule has 84 valence electrons. The molecule has 0 atom stereocenters. The molecule has 0 fully saturated rings. The van der Waals surface area contributed by atoms with Crippen molar-refractivity contribution in [2.45, 2.75) is 10.6 Å². The predicted octanol–water partition coefficient (Wildman–Crippen LogP) is 2.95. The van der Waals surface area contributed by atoms with Gasteiger partial charge in [-0.3, -0.25) is 4.68 Å². The molecule has 0 aliphatic rings. The zero-order valence-electron chi connectivity index (χ0n) is 8.85. The maximum Gasteiger partial charge on any atom is 0.0543 e. The van der Waals surface area contributed by atoms with Crippen molar-refractivity contribution in [3.63, 3.8) is 0 Å².